The highest BCUT2D eigenvalue weighted by atomic mass is 16.6. The molecular formula is C24H30O3. The summed E-state index contributed by atoms with van der Waals surface area (Å²) in [5.41, 5.74) is 1.85. The molecule has 1 aliphatic heterocycles. The molecule has 1 saturated heterocycles. The Morgan fingerprint density at radius 2 is 1.85 bits per heavy atom. The lowest BCUT2D eigenvalue weighted by atomic mass is 9.45. The maximum atomic E-state index is 12.2. The number of rotatable bonds is 0. The molecule has 5 saturated carbocycles. The molecule has 6 fully saturated rings. The summed E-state index contributed by atoms with van der Waals surface area (Å²) in [6.45, 7) is 4.99. The zero-order valence-corrected chi connectivity index (χ0v) is 16.5. The van der Waals surface area contributed by atoms with E-state index < -0.39 is 0 Å². The lowest BCUT2D eigenvalue weighted by Crippen LogP contribution is -2.57. The van der Waals surface area contributed by atoms with Crippen LogP contribution in [0.25, 0.3) is 0 Å². The standard InChI is InChI=1S/C24H30O3/c1-22-6-3-12(25)9-17(22)13-10-14(13)20-16(22)4-7-23(2)21(20)15-11-18(15)24(23)8-5-19(26)27-24/h9,13-16,18,20-21H,3-8,10-11H2,1-2H3/t13?,14-,15?,16?,18?,20?,21-,22+,23-,24-/m0/s1. The van der Waals surface area contributed by atoms with Crippen LogP contribution in [0.3, 0.4) is 0 Å². The molecule has 3 heteroatoms. The van der Waals surface area contributed by atoms with Crippen molar-refractivity contribution in [2.45, 2.75) is 70.8 Å². The van der Waals surface area contributed by atoms with Crippen molar-refractivity contribution in [3.05, 3.63) is 11.6 Å². The molecular weight excluding hydrogens is 336 g/mol. The van der Waals surface area contributed by atoms with Gasteiger partial charge in [0, 0.05) is 24.2 Å². The van der Waals surface area contributed by atoms with E-state index in [2.05, 4.69) is 19.9 Å². The molecule has 0 aromatic carbocycles. The molecule has 27 heavy (non-hydrogen) atoms. The number of hydrogen-bond donors (Lipinski definition) is 0. The number of carbonyl (C=O) groups is 2. The lowest BCUT2D eigenvalue weighted by Gasteiger charge is -2.60. The Morgan fingerprint density at radius 1 is 1.00 bits per heavy atom. The van der Waals surface area contributed by atoms with Gasteiger partial charge in [0.15, 0.2) is 5.78 Å². The average molecular weight is 367 g/mol. The SMILES string of the molecule is C[C@]12CCC(=O)C=C1C1C[C@@H]1C1C2CC[C@@]2(C)[C@H]1C1CC1[C@@]21CCC(=O)O1. The van der Waals surface area contributed by atoms with Gasteiger partial charge >= 0.3 is 5.97 Å². The van der Waals surface area contributed by atoms with Gasteiger partial charge in [0.25, 0.3) is 0 Å². The summed E-state index contributed by atoms with van der Waals surface area (Å²) in [7, 11) is 0. The van der Waals surface area contributed by atoms with Crippen molar-refractivity contribution in [3.8, 4) is 0 Å². The summed E-state index contributed by atoms with van der Waals surface area (Å²) in [6, 6.07) is 0. The Hall–Kier alpha value is -1.12. The van der Waals surface area contributed by atoms with Crippen LogP contribution in [0.5, 0.6) is 0 Å². The quantitative estimate of drug-likeness (QED) is 0.600. The van der Waals surface area contributed by atoms with Crippen molar-refractivity contribution >= 4 is 11.8 Å². The third-order valence-electron chi connectivity index (χ3n) is 10.9. The number of allylic oxidation sites excluding steroid dienone is 1. The van der Waals surface area contributed by atoms with Crippen molar-refractivity contribution in [1.82, 2.24) is 0 Å². The summed E-state index contributed by atoms with van der Waals surface area (Å²) >= 11 is 0. The average Bonchev–Trinajstić information content (AvgIpc) is 3.53. The molecule has 5 unspecified atom stereocenters. The molecule has 1 heterocycles. The van der Waals surface area contributed by atoms with Gasteiger partial charge in [-0.05, 0) is 85.5 Å². The van der Waals surface area contributed by atoms with Gasteiger partial charge in [-0.2, -0.15) is 0 Å². The number of ketones is 1. The molecule has 0 aromatic rings. The van der Waals surface area contributed by atoms with E-state index in [1.807, 2.05) is 0 Å². The van der Waals surface area contributed by atoms with Gasteiger partial charge in [-0.25, -0.2) is 0 Å². The van der Waals surface area contributed by atoms with Crippen LogP contribution >= 0.6 is 0 Å². The summed E-state index contributed by atoms with van der Waals surface area (Å²) < 4.78 is 6.22. The predicted molar refractivity (Wildman–Crippen MR) is 99.5 cm³/mol. The van der Waals surface area contributed by atoms with Crippen LogP contribution in [0, 0.1) is 52.3 Å². The first-order valence-corrected chi connectivity index (χ1v) is 11.4. The Bertz CT molecular complexity index is 827. The molecule has 7 rings (SSSR count). The molecule has 7 aliphatic rings. The van der Waals surface area contributed by atoms with Crippen molar-refractivity contribution < 1.29 is 14.3 Å². The van der Waals surface area contributed by atoms with E-state index in [4.69, 9.17) is 4.74 Å². The van der Waals surface area contributed by atoms with E-state index >= 15 is 0 Å². The van der Waals surface area contributed by atoms with Crippen molar-refractivity contribution in [2.24, 2.45) is 52.3 Å². The maximum Gasteiger partial charge on any atom is 0.306 e. The van der Waals surface area contributed by atoms with E-state index in [1.54, 1.807) is 0 Å². The number of fused-ring (bicyclic) bond motifs is 12. The minimum atomic E-state index is -0.131. The zero-order valence-electron chi connectivity index (χ0n) is 16.5. The highest BCUT2D eigenvalue weighted by molar-refractivity contribution is 5.92. The van der Waals surface area contributed by atoms with Crippen LogP contribution in [0.2, 0.25) is 0 Å². The number of ether oxygens (including phenoxy) is 1. The van der Waals surface area contributed by atoms with Gasteiger partial charge in [0.2, 0.25) is 0 Å². The van der Waals surface area contributed by atoms with E-state index in [1.165, 1.54) is 31.3 Å². The van der Waals surface area contributed by atoms with Gasteiger partial charge in [0.05, 0.1) is 0 Å². The number of hydrogen-bond acceptors (Lipinski definition) is 3. The van der Waals surface area contributed by atoms with Gasteiger partial charge in [0.1, 0.15) is 5.60 Å². The predicted octanol–water partition coefficient (Wildman–Crippen LogP) is 4.31. The molecule has 0 N–H and O–H groups in total. The normalized spacial score (nSPS) is 62.0. The van der Waals surface area contributed by atoms with E-state index in [-0.39, 0.29) is 22.4 Å². The van der Waals surface area contributed by atoms with Crippen LogP contribution in [0.15, 0.2) is 11.6 Å². The molecule has 0 bridgehead atoms. The number of esters is 1. The Balaban J connectivity index is 1.33. The molecule has 0 aromatic heterocycles. The van der Waals surface area contributed by atoms with Gasteiger partial charge in [-0.15, -0.1) is 0 Å². The third kappa shape index (κ3) is 1.58. The van der Waals surface area contributed by atoms with Crippen molar-refractivity contribution in [1.29, 1.82) is 0 Å². The van der Waals surface area contributed by atoms with Crippen molar-refractivity contribution in [3.63, 3.8) is 0 Å². The fourth-order valence-corrected chi connectivity index (χ4v) is 9.74. The monoisotopic (exact) mass is 366 g/mol. The lowest BCUT2D eigenvalue weighted by molar-refractivity contribution is -0.177. The Morgan fingerprint density at radius 3 is 2.63 bits per heavy atom. The van der Waals surface area contributed by atoms with Crippen LogP contribution < -0.4 is 0 Å². The second kappa shape index (κ2) is 4.39. The van der Waals surface area contributed by atoms with Gasteiger partial charge in [-0.3, -0.25) is 9.59 Å². The minimum absolute atomic E-state index is 0.0561. The molecule has 10 atom stereocenters. The van der Waals surface area contributed by atoms with Gasteiger partial charge in [-0.1, -0.05) is 19.4 Å². The fourth-order valence-electron chi connectivity index (χ4n) is 9.74. The third-order valence-corrected chi connectivity index (χ3v) is 10.9. The van der Waals surface area contributed by atoms with Crippen LogP contribution in [0.4, 0.5) is 0 Å². The highest BCUT2D eigenvalue weighted by Gasteiger charge is 2.81. The summed E-state index contributed by atoms with van der Waals surface area (Å²) in [6.07, 6.45) is 10.6. The Kier molecular flexibility index (Phi) is 2.56. The van der Waals surface area contributed by atoms with E-state index in [0.29, 0.717) is 24.0 Å². The van der Waals surface area contributed by atoms with E-state index in [0.717, 1.165) is 48.9 Å². The minimum Gasteiger partial charge on any atom is -0.458 e. The van der Waals surface area contributed by atoms with Crippen LogP contribution in [-0.2, 0) is 14.3 Å². The summed E-state index contributed by atoms with van der Waals surface area (Å²) in [5.74, 6) is 5.65. The molecule has 0 radical (unpaired) electrons. The second-order valence-electron chi connectivity index (χ2n) is 11.5. The first kappa shape index (κ1) is 15.8. The summed E-state index contributed by atoms with van der Waals surface area (Å²) in [5, 5.41) is 0. The van der Waals surface area contributed by atoms with Crippen LogP contribution in [0.1, 0.15) is 65.2 Å². The van der Waals surface area contributed by atoms with E-state index in [9.17, 15) is 9.59 Å². The highest BCUT2D eigenvalue weighted by Crippen LogP contribution is 2.82. The largest absolute Gasteiger partial charge is 0.458 e. The van der Waals surface area contributed by atoms with Gasteiger partial charge < -0.3 is 4.74 Å². The molecule has 6 aliphatic carbocycles. The molecule has 1 spiro atoms. The topological polar surface area (TPSA) is 43.4 Å². The molecule has 3 nitrogen and oxygen atoms in total. The maximum absolute atomic E-state index is 12.2. The smallest absolute Gasteiger partial charge is 0.306 e. The first-order chi connectivity index (χ1) is 12.9. The zero-order chi connectivity index (χ0) is 18.3. The second-order valence-corrected chi connectivity index (χ2v) is 11.5. The Labute approximate surface area is 161 Å². The summed E-state index contributed by atoms with van der Waals surface area (Å²) in [4.78, 5) is 24.3. The fraction of sp³-hybridized carbons (Fsp3) is 0.833. The van der Waals surface area contributed by atoms with Crippen molar-refractivity contribution in [2.75, 3.05) is 0 Å². The molecule has 144 valence electrons. The molecule has 0 amide bonds. The number of carbonyl (C=O) groups excluding carboxylic acids is 2. The van der Waals surface area contributed by atoms with Crippen LogP contribution in [-0.4, -0.2) is 17.4 Å². The first-order valence-electron chi connectivity index (χ1n) is 11.4.